The van der Waals surface area contributed by atoms with Crippen molar-refractivity contribution in [3.8, 4) is 0 Å². The number of halogens is 1. The van der Waals surface area contributed by atoms with Gasteiger partial charge in [0.15, 0.2) is 0 Å². The maximum atomic E-state index is 13.8. The predicted molar refractivity (Wildman–Crippen MR) is 96.7 cm³/mol. The number of nitrogens with two attached hydrogens (primary N) is 1. The largest absolute Gasteiger partial charge is 0.311 e. The summed E-state index contributed by atoms with van der Waals surface area (Å²) in [4.78, 5) is 14.2. The summed E-state index contributed by atoms with van der Waals surface area (Å²) >= 11 is 0. The minimum absolute atomic E-state index is 0.0387. The molecule has 0 saturated carbocycles. The fourth-order valence-electron chi connectivity index (χ4n) is 3.09. The van der Waals surface area contributed by atoms with Gasteiger partial charge in [-0.05, 0) is 43.2 Å². The first kappa shape index (κ1) is 18.5. The standard InChI is InChI=1S/C18H20FN3O3S/c1-12(15-4-2-3-5-16(15)19)21-11-18(23)22-9-8-13-10-14(26(20,24)25)6-7-17(13)22/h2-7,10,12,21H,8-9,11H2,1H3,(H2,20,24,25). The van der Waals surface area contributed by atoms with Crippen LogP contribution in [0, 0.1) is 5.82 Å². The summed E-state index contributed by atoms with van der Waals surface area (Å²) in [6.45, 7) is 2.31. The second-order valence-corrected chi connectivity index (χ2v) is 7.82. The van der Waals surface area contributed by atoms with E-state index in [2.05, 4.69) is 5.32 Å². The molecule has 138 valence electrons. The van der Waals surface area contributed by atoms with Crippen LogP contribution < -0.4 is 15.4 Å². The maximum absolute atomic E-state index is 13.8. The summed E-state index contributed by atoms with van der Waals surface area (Å²) in [5.74, 6) is -0.475. The number of carbonyl (C=O) groups is 1. The van der Waals surface area contributed by atoms with Gasteiger partial charge in [-0.15, -0.1) is 0 Å². The molecule has 3 rings (SSSR count). The van der Waals surface area contributed by atoms with Crippen LogP contribution in [0.4, 0.5) is 10.1 Å². The molecule has 2 aromatic rings. The third kappa shape index (κ3) is 3.77. The number of benzene rings is 2. The van der Waals surface area contributed by atoms with Gasteiger partial charge in [0.2, 0.25) is 15.9 Å². The number of anilines is 1. The Morgan fingerprint density at radius 1 is 1.31 bits per heavy atom. The van der Waals surface area contributed by atoms with E-state index in [4.69, 9.17) is 5.14 Å². The van der Waals surface area contributed by atoms with Crippen molar-refractivity contribution in [2.24, 2.45) is 5.14 Å². The highest BCUT2D eigenvalue weighted by molar-refractivity contribution is 7.89. The minimum atomic E-state index is -3.77. The van der Waals surface area contributed by atoms with E-state index in [1.807, 2.05) is 0 Å². The Labute approximate surface area is 151 Å². The summed E-state index contributed by atoms with van der Waals surface area (Å²) in [7, 11) is -3.77. The number of primary sulfonamides is 1. The van der Waals surface area contributed by atoms with Crippen molar-refractivity contribution in [3.63, 3.8) is 0 Å². The molecule has 0 fully saturated rings. The lowest BCUT2D eigenvalue weighted by Crippen LogP contribution is -2.38. The number of amides is 1. The quantitative estimate of drug-likeness (QED) is 0.830. The molecule has 1 aliphatic rings. The molecule has 0 saturated heterocycles. The zero-order valence-electron chi connectivity index (χ0n) is 14.3. The molecule has 6 nitrogen and oxygen atoms in total. The number of nitrogens with one attached hydrogen (secondary N) is 1. The van der Waals surface area contributed by atoms with Crippen LogP contribution in [0.3, 0.4) is 0 Å². The van der Waals surface area contributed by atoms with Crippen LogP contribution in [0.1, 0.15) is 24.1 Å². The number of hydrogen-bond acceptors (Lipinski definition) is 4. The smallest absolute Gasteiger partial charge is 0.240 e. The lowest BCUT2D eigenvalue weighted by Gasteiger charge is -2.20. The van der Waals surface area contributed by atoms with E-state index < -0.39 is 10.0 Å². The van der Waals surface area contributed by atoms with Crippen LogP contribution >= 0.6 is 0 Å². The molecule has 0 aliphatic carbocycles. The first-order valence-electron chi connectivity index (χ1n) is 8.21. The lowest BCUT2D eigenvalue weighted by atomic mass is 10.1. The van der Waals surface area contributed by atoms with E-state index in [0.717, 1.165) is 5.56 Å². The molecule has 3 N–H and O–H groups in total. The van der Waals surface area contributed by atoms with Gasteiger partial charge in [0.05, 0.1) is 11.4 Å². The lowest BCUT2D eigenvalue weighted by molar-refractivity contribution is -0.117. The third-order valence-corrected chi connectivity index (χ3v) is 5.42. The van der Waals surface area contributed by atoms with Gasteiger partial charge in [-0.25, -0.2) is 17.9 Å². The molecule has 1 unspecified atom stereocenters. The van der Waals surface area contributed by atoms with Gasteiger partial charge in [-0.1, -0.05) is 18.2 Å². The molecule has 0 bridgehead atoms. The molecular formula is C18H20FN3O3S. The number of sulfonamides is 1. The van der Waals surface area contributed by atoms with Gasteiger partial charge in [-0.3, -0.25) is 4.79 Å². The third-order valence-electron chi connectivity index (χ3n) is 4.51. The van der Waals surface area contributed by atoms with Crippen molar-refractivity contribution in [3.05, 3.63) is 59.4 Å². The summed E-state index contributed by atoms with van der Waals surface area (Å²) < 4.78 is 36.7. The molecule has 8 heteroatoms. The van der Waals surface area contributed by atoms with E-state index >= 15 is 0 Å². The summed E-state index contributed by atoms with van der Waals surface area (Å²) in [5.41, 5.74) is 1.95. The van der Waals surface area contributed by atoms with Crippen molar-refractivity contribution in [1.82, 2.24) is 5.32 Å². The highest BCUT2D eigenvalue weighted by Gasteiger charge is 2.26. The number of hydrogen-bond donors (Lipinski definition) is 2. The highest BCUT2D eigenvalue weighted by Crippen LogP contribution is 2.30. The van der Waals surface area contributed by atoms with Gasteiger partial charge in [-0.2, -0.15) is 0 Å². The van der Waals surface area contributed by atoms with E-state index in [0.29, 0.717) is 24.2 Å². The average molecular weight is 377 g/mol. The Morgan fingerprint density at radius 2 is 2.04 bits per heavy atom. The molecule has 1 aliphatic heterocycles. The van der Waals surface area contributed by atoms with Crippen LogP contribution in [-0.2, 0) is 21.2 Å². The van der Waals surface area contributed by atoms with Crippen LogP contribution in [0.5, 0.6) is 0 Å². The predicted octanol–water partition coefficient (Wildman–Crippen LogP) is 1.71. The molecule has 0 spiro atoms. The average Bonchev–Trinajstić information content (AvgIpc) is 3.02. The van der Waals surface area contributed by atoms with Gasteiger partial charge in [0.1, 0.15) is 5.82 Å². The Bertz CT molecular complexity index is 946. The van der Waals surface area contributed by atoms with Gasteiger partial charge < -0.3 is 10.2 Å². The van der Waals surface area contributed by atoms with Crippen LogP contribution in [0.15, 0.2) is 47.4 Å². The zero-order valence-corrected chi connectivity index (χ0v) is 15.1. The van der Waals surface area contributed by atoms with Gasteiger partial charge in [0, 0.05) is 23.8 Å². The first-order chi connectivity index (χ1) is 12.3. The molecule has 1 heterocycles. The normalized spacial score (nSPS) is 15.0. The van der Waals surface area contributed by atoms with Gasteiger partial charge >= 0.3 is 0 Å². The Balaban J connectivity index is 1.68. The van der Waals surface area contributed by atoms with Crippen LogP contribution in [-0.4, -0.2) is 27.4 Å². The van der Waals surface area contributed by atoms with E-state index in [1.165, 1.54) is 18.2 Å². The molecular weight excluding hydrogens is 357 g/mol. The Kier molecular flexibility index (Phi) is 5.08. The summed E-state index contributed by atoms with van der Waals surface area (Å²) in [5, 5.41) is 8.18. The van der Waals surface area contributed by atoms with Crippen LogP contribution in [0.2, 0.25) is 0 Å². The molecule has 0 aromatic heterocycles. The van der Waals surface area contributed by atoms with Crippen molar-refractivity contribution in [2.75, 3.05) is 18.0 Å². The molecule has 1 amide bonds. The van der Waals surface area contributed by atoms with Crippen molar-refractivity contribution >= 4 is 21.6 Å². The monoisotopic (exact) mass is 377 g/mol. The summed E-state index contributed by atoms with van der Waals surface area (Å²) in [6.07, 6.45) is 0.563. The fraction of sp³-hybridized carbons (Fsp3) is 0.278. The fourth-order valence-corrected chi connectivity index (χ4v) is 3.65. The van der Waals surface area contributed by atoms with E-state index in [1.54, 1.807) is 36.1 Å². The number of nitrogens with zero attached hydrogens (tertiary/aromatic N) is 1. The molecule has 0 radical (unpaired) electrons. The van der Waals surface area contributed by atoms with E-state index in [9.17, 15) is 17.6 Å². The number of fused-ring (bicyclic) bond motifs is 1. The zero-order chi connectivity index (χ0) is 18.9. The molecule has 1 atom stereocenters. The Hall–Kier alpha value is -2.29. The topological polar surface area (TPSA) is 92.5 Å². The van der Waals surface area contributed by atoms with Gasteiger partial charge in [0.25, 0.3) is 0 Å². The minimum Gasteiger partial charge on any atom is -0.311 e. The van der Waals surface area contributed by atoms with E-state index in [-0.39, 0.29) is 29.2 Å². The number of carbonyl (C=O) groups excluding carboxylic acids is 1. The van der Waals surface area contributed by atoms with Crippen molar-refractivity contribution in [2.45, 2.75) is 24.3 Å². The molecule has 2 aromatic carbocycles. The SMILES string of the molecule is CC(NCC(=O)N1CCc2cc(S(N)(=O)=O)ccc21)c1ccccc1F. The second-order valence-electron chi connectivity index (χ2n) is 6.26. The molecule has 26 heavy (non-hydrogen) atoms. The number of rotatable bonds is 5. The first-order valence-corrected chi connectivity index (χ1v) is 9.76. The Morgan fingerprint density at radius 3 is 2.73 bits per heavy atom. The van der Waals surface area contributed by atoms with Crippen LogP contribution in [0.25, 0.3) is 0 Å². The van der Waals surface area contributed by atoms with Crippen molar-refractivity contribution in [1.29, 1.82) is 0 Å². The second kappa shape index (κ2) is 7.14. The highest BCUT2D eigenvalue weighted by atomic mass is 32.2. The summed E-state index contributed by atoms with van der Waals surface area (Å²) in [6, 6.07) is 10.6. The maximum Gasteiger partial charge on any atom is 0.240 e. The van der Waals surface area contributed by atoms with Crippen molar-refractivity contribution < 1.29 is 17.6 Å².